The van der Waals surface area contributed by atoms with E-state index in [0.29, 0.717) is 11.6 Å². The summed E-state index contributed by atoms with van der Waals surface area (Å²) in [5, 5.41) is 10.7. The molecule has 0 saturated heterocycles. The summed E-state index contributed by atoms with van der Waals surface area (Å²) < 4.78 is 3.05. The van der Waals surface area contributed by atoms with Crippen molar-refractivity contribution in [3.8, 4) is 0 Å². The van der Waals surface area contributed by atoms with Crippen molar-refractivity contribution in [2.24, 2.45) is 7.05 Å². The Morgan fingerprint density at radius 1 is 1.50 bits per heavy atom. The van der Waals surface area contributed by atoms with Crippen LogP contribution in [0, 0.1) is 13.8 Å². The molecule has 8 heteroatoms. The van der Waals surface area contributed by atoms with Gasteiger partial charge in [-0.15, -0.1) is 0 Å². The number of nitrogens with one attached hydrogen (secondary N) is 1. The van der Waals surface area contributed by atoms with E-state index in [9.17, 15) is 4.79 Å². The van der Waals surface area contributed by atoms with Gasteiger partial charge in [0.05, 0.1) is 17.1 Å². The summed E-state index contributed by atoms with van der Waals surface area (Å²) in [5.41, 5.74) is 7.91. The number of aryl methyl sites for hydroxylation is 2. The van der Waals surface area contributed by atoms with Crippen LogP contribution in [0.4, 0.5) is 11.6 Å². The molecule has 0 bridgehead atoms. The fourth-order valence-electron chi connectivity index (χ4n) is 1.57. The lowest BCUT2D eigenvalue weighted by Crippen LogP contribution is -2.22. The van der Waals surface area contributed by atoms with Gasteiger partial charge >= 0.3 is 0 Å². The molecular formula is C10H15N7O. The lowest BCUT2D eigenvalue weighted by Gasteiger charge is -2.05. The Morgan fingerprint density at radius 3 is 2.72 bits per heavy atom. The van der Waals surface area contributed by atoms with Crippen molar-refractivity contribution in [1.82, 2.24) is 24.5 Å². The van der Waals surface area contributed by atoms with Crippen molar-refractivity contribution in [3.05, 3.63) is 17.7 Å². The van der Waals surface area contributed by atoms with Gasteiger partial charge in [0.2, 0.25) is 11.9 Å². The molecule has 0 saturated carbocycles. The molecule has 0 unspecified atom stereocenters. The molecule has 0 aliphatic rings. The summed E-state index contributed by atoms with van der Waals surface area (Å²) in [6.45, 7) is 3.72. The summed E-state index contributed by atoms with van der Waals surface area (Å²) in [4.78, 5) is 15.7. The van der Waals surface area contributed by atoms with Crippen LogP contribution in [-0.2, 0) is 18.4 Å². The predicted molar refractivity (Wildman–Crippen MR) is 65.7 cm³/mol. The number of anilines is 2. The van der Waals surface area contributed by atoms with E-state index >= 15 is 0 Å². The maximum Gasteiger partial charge on any atom is 0.248 e. The number of hydrogen-bond acceptors (Lipinski definition) is 5. The molecule has 2 aromatic heterocycles. The molecule has 18 heavy (non-hydrogen) atoms. The topological polar surface area (TPSA) is 104 Å². The molecule has 0 atom stereocenters. The molecular weight excluding hydrogens is 234 g/mol. The zero-order valence-corrected chi connectivity index (χ0v) is 10.5. The predicted octanol–water partition coefficient (Wildman–Crippen LogP) is -0.151. The van der Waals surface area contributed by atoms with Gasteiger partial charge in [-0.1, -0.05) is 0 Å². The average molecular weight is 249 g/mol. The number of amides is 1. The normalized spacial score (nSPS) is 10.6. The van der Waals surface area contributed by atoms with Gasteiger partial charge in [0, 0.05) is 7.05 Å². The minimum atomic E-state index is -0.225. The Labute approximate surface area is 104 Å². The van der Waals surface area contributed by atoms with Crippen LogP contribution in [0.3, 0.4) is 0 Å². The van der Waals surface area contributed by atoms with E-state index in [0.717, 1.165) is 11.4 Å². The summed E-state index contributed by atoms with van der Waals surface area (Å²) in [6.07, 6.45) is 1.37. The Bertz CT molecular complexity index is 583. The third kappa shape index (κ3) is 2.17. The molecule has 0 radical (unpaired) electrons. The fraction of sp³-hybridized carbons (Fsp3) is 0.400. The molecule has 0 aliphatic heterocycles. The fourth-order valence-corrected chi connectivity index (χ4v) is 1.57. The number of carbonyl (C=O) groups is 1. The third-order valence-electron chi connectivity index (χ3n) is 2.69. The Kier molecular flexibility index (Phi) is 3.00. The molecule has 0 aromatic carbocycles. The van der Waals surface area contributed by atoms with Gasteiger partial charge in [0.15, 0.2) is 0 Å². The summed E-state index contributed by atoms with van der Waals surface area (Å²) >= 11 is 0. The van der Waals surface area contributed by atoms with Crippen molar-refractivity contribution < 1.29 is 4.79 Å². The Hall–Kier alpha value is -2.38. The van der Waals surface area contributed by atoms with E-state index in [1.54, 1.807) is 18.7 Å². The first-order valence-corrected chi connectivity index (χ1v) is 5.42. The monoisotopic (exact) mass is 249 g/mol. The number of carbonyl (C=O) groups excluding carboxylic acids is 1. The Balaban J connectivity index is 2.08. The molecule has 8 nitrogen and oxygen atoms in total. The van der Waals surface area contributed by atoms with Gasteiger partial charge in [-0.05, 0) is 13.8 Å². The summed E-state index contributed by atoms with van der Waals surface area (Å²) in [5.74, 6) is 0.172. The van der Waals surface area contributed by atoms with Crippen molar-refractivity contribution in [2.45, 2.75) is 20.4 Å². The lowest BCUT2D eigenvalue weighted by atomic mass is 10.3. The van der Waals surface area contributed by atoms with Crippen molar-refractivity contribution >= 4 is 17.5 Å². The molecule has 96 valence electrons. The highest BCUT2D eigenvalue weighted by Gasteiger charge is 2.12. The number of nitrogens with two attached hydrogens (primary N) is 1. The van der Waals surface area contributed by atoms with Crippen LogP contribution in [0.1, 0.15) is 11.4 Å². The highest BCUT2D eigenvalue weighted by Crippen LogP contribution is 2.14. The van der Waals surface area contributed by atoms with E-state index in [1.165, 1.54) is 11.0 Å². The lowest BCUT2D eigenvalue weighted by molar-refractivity contribution is -0.117. The maximum absolute atomic E-state index is 11.8. The largest absolute Gasteiger partial charge is 0.396 e. The number of nitrogens with zero attached hydrogens (tertiary/aromatic N) is 5. The molecule has 2 heterocycles. The number of nitrogen functional groups attached to an aromatic ring is 1. The standard InChI is InChI=1S/C10H15N7O/c1-6-9(11)7(2)17(15-6)4-8(18)14-10-12-5-13-16(10)3/h5H,4,11H2,1-3H3,(H,12,13,14,18). The second-order valence-corrected chi connectivity index (χ2v) is 4.00. The molecule has 1 amide bonds. The van der Waals surface area contributed by atoms with Crippen LogP contribution in [0.25, 0.3) is 0 Å². The first-order valence-electron chi connectivity index (χ1n) is 5.42. The van der Waals surface area contributed by atoms with Crippen LogP contribution >= 0.6 is 0 Å². The van der Waals surface area contributed by atoms with E-state index in [-0.39, 0.29) is 12.5 Å². The molecule has 2 aromatic rings. The van der Waals surface area contributed by atoms with Crippen LogP contribution in [-0.4, -0.2) is 30.5 Å². The van der Waals surface area contributed by atoms with E-state index in [1.807, 2.05) is 6.92 Å². The molecule has 0 aliphatic carbocycles. The average Bonchev–Trinajstić information content (AvgIpc) is 2.80. The first-order chi connectivity index (χ1) is 8.49. The van der Waals surface area contributed by atoms with Crippen molar-refractivity contribution in [2.75, 3.05) is 11.1 Å². The van der Waals surface area contributed by atoms with E-state index < -0.39 is 0 Å². The number of hydrogen-bond donors (Lipinski definition) is 2. The third-order valence-corrected chi connectivity index (χ3v) is 2.69. The smallest absolute Gasteiger partial charge is 0.248 e. The van der Waals surface area contributed by atoms with Crippen molar-refractivity contribution in [3.63, 3.8) is 0 Å². The maximum atomic E-state index is 11.8. The van der Waals surface area contributed by atoms with E-state index in [2.05, 4.69) is 20.5 Å². The van der Waals surface area contributed by atoms with Crippen molar-refractivity contribution in [1.29, 1.82) is 0 Å². The summed E-state index contributed by atoms with van der Waals surface area (Å²) in [6, 6.07) is 0. The van der Waals surface area contributed by atoms with Crippen LogP contribution < -0.4 is 11.1 Å². The van der Waals surface area contributed by atoms with Crippen LogP contribution in [0.5, 0.6) is 0 Å². The first kappa shape index (κ1) is 12.1. The second kappa shape index (κ2) is 4.47. The molecule has 2 rings (SSSR count). The van der Waals surface area contributed by atoms with E-state index in [4.69, 9.17) is 5.73 Å². The van der Waals surface area contributed by atoms with Gasteiger partial charge in [-0.2, -0.15) is 15.2 Å². The second-order valence-electron chi connectivity index (χ2n) is 4.00. The Morgan fingerprint density at radius 2 is 2.22 bits per heavy atom. The highest BCUT2D eigenvalue weighted by atomic mass is 16.2. The zero-order valence-electron chi connectivity index (χ0n) is 10.5. The number of rotatable bonds is 3. The zero-order chi connectivity index (χ0) is 13.3. The van der Waals surface area contributed by atoms with Gasteiger partial charge in [-0.25, -0.2) is 4.68 Å². The highest BCUT2D eigenvalue weighted by molar-refractivity contribution is 5.88. The molecule has 0 fully saturated rings. The quantitative estimate of drug-likeness (QED) is 0.787. The van der Waals surface area contributed by atoms with Gasteiger partial charge in [0.1, 0.15) is 12.9 Å². The molecule has 0 spiro atoms. The molecule has 3 N–H and O–H groups in total. The summed E-state index contributed by atoms with van der Waals surface area (Å²) in [7, 11) is 1.70. The van der Waals surface area contributed by atoms with Crippen LogP contribution in [0.15, 0.2) is 6.33 Å². The SMILES string of the molecule is Cc1nn(CC(=O)Nc2ncnn2C)c(C)c1N. The van der Waals surface area contributed by atoms with Crippen LogP contribution in [0.2, 0.25) is 0 Å². The minimum Gasteiger partial charge on any atom is -0.396 e. The van der Waals surface area contributed by atoms with Gasteiger partial charge in [0.25, 0.3) is 0 Å². The van der Waals surface area contributed by atoms with Gasteiger partial charge < -0.3 is 5.73 Å². The minimum absolute atomic E-state index is 0.0940. The van der Waals surface area contributed by atoms with Gasteiger partial charge in [-0.3, -0.25) is 14.8 Å². The number of aromatic nitrogens is 5.